The predicted octanol–water partition coefficient (Wildman–Crippen LogP) is 4.32. The van der Waals surface area contributed by atoms with E-state index in [2.05, 4.69) is 27.4 Å². The zero-order chi connectivity index (χ0) is 23.0. The van der Waals surface area contributed by atoms with Gasteiger partial charge in [0.05, 0.1) is 18.8 Å². The van der Waals surface area contributed by atoms with E-state index in [0.29, 0.717) is 24.8 Å². The van der Waals surface area contributed by atoms with E-state index in [1.54, 1.807) is 19.5 Å². The van der Waals surface area contributed by atoms with E-state index < -0.39 is 0 Å². The van der Waals surface area contributed by atoms with E-state index in [1.807, 2.05) is 42.5 Å². The summed E-state index contributed by atoms with van der Waals surface area (Å²) in [5.74, 6) is 1.26. The number of hydrogen-bond donors (Lipinski definition) is 2. The first-order chi connectivity index (χ1) is 16.2. The largest absolute Gasteiger partial charge is 0.481 e. The van der Waals surface area contributed by atoms with Crippen LogP contribution in [0.1, 0.15) is 43.0 Å². The second kappa shape index (κ2) is 11.1. The summed E-state index contributed by atoms with van der Waals surface area (Å²) in [7, 11) is 1.61. The molecule has 1 aromatic carbocycles. The van der Waals surface area contributed by atoms with Gasteiger partial charge in [-0.2, -0.15) is 0 Å². The molecule has 0 radical (unpaired) electrons. The van der Waals surface area contributed by atoms with Gasteiger partial charge in [-0.1, -0.05) is 30.3 Å². The highest BCUT2D eigenvalue weighted by Crippen LogP contribution is 2.30. The molecule has 1 atom stereocenters. The van der Waals surface area contributed by atoms with Gasteiger partial charge in [0.2, 0.25) is 11.8 Å². The third kappa shape index (κ3) is 5.96. The number of methoxy groups -OCH3 is 1. The third-order valence-electron chi connectivity index (χ3n) is 6.57. The maximum absolute atomic E-state index is 13.2. The average Bonchev–Trinajstić information content (AvgIpc) is 2.89. The van der Waals surface area contributed by atoms with Gasteiger partial charge in [-0.3, -0.25) is 9.78 Å². The van der Waals surface area contributed by atoms with E-state index in [9.17, 15) is 4.79 Å². The Morgan fingerprint density at radius 3 is 2.42 bits per heavy atom. The van der Waals surface area contributed by atoms with Gasteiger partial charge in [0.25, 0.3) is 0 Å². The highest BCUT2D eigenvalue weighted by molar-refractivity contribution is 5.79. The number of aromatic nitrogens is 2. The second-order valence-corrected chi connectivity index (χ2v) is 8.76. The minimum Gasteiger partial charge on any atom is -0.481 e. The van der Waals surface area contributed by atoms with Crippen LogP contribution in [-0.4, -0.2) is 29.5 Å². The molecule has 6 nitrogen and oxygen atoms in total. The number of pyridine rings is 2. The number of ether oxygens (including phenoxy) is 1. The summed E-state index contributed by atoms with van der Waals surface area (Å²) < 4.78 is 5.28. The Morgan fingerprint density at radius 2 is 1.73 bits per heavy atom. The smallest absolute Gasteiger partial charge is 0.223 e. The number of carbonyl (C=O) groups is 1. The molecule has 3 aromatic rings. The highest BCUT2D eigenvalue weighted by atomic mass is 16.5. The zero-order valence-electron chi connectivity index (χ0n) is 19.1. The van der Waals surface area contributed by atoms with Crippen molar-refractivity contribution in [3.63, 3.8) is 0 Å². The van der Waals surface area contributed by atoms with Gasteiger partial charge in [-0.25, -0.2) is 4.98 Å². The Kier molecular flexibility index (Phi) is 7.68. The summed E-state index contributed by atoms with van der Waals surface area (Å²) >= 11 is 0. The van der Waals surface area contributed by atoms with Crippen LogP contribution in [0, 0.1) is 11.8 Å². The first kappa shape index (κ1) is 22.9. The molecule has 1 aliphatic rings. The molecule has 4 rings (SSSR count). The number of benzene rings is 1. The first-order valence-corrected chi connectivity index (χ1v) is 11.7. The van der Waals surface area contributed by atoms with Crippen molar-refractivity contribution in [1.82, 2.24) is 15.3 Å². The van der Waals surface area contributed by atoms with Crippen molar-refractivity contribution in [1.29, 1.82) is 0 Å². The summed E-state index contributed by atoms with van der Waals surface area (Å²) in [6, 6.07) is 17.9. The number of nitrogens with zero attached hydrogens (tertiary/aromatic N) is 2. The molecule has 1 saturated carbocycles. The number of nitrogens with one attached hydrogen (secondary N) is 1. The number of carbonyl (C=O) groups excluding carboxylic acids is 1. The molecule has 0 aliphatic heterocycles. The molecule has 33 heavy (non-hydrogen) atoms. The molecule has 1 aliphatic carbocycles. The van der Waals surface area contributed by atoms with Crippen LogP contribution in [0.3, 0.4) is 0 Å². The standard InChI is InChI=1S/C27H32N4O2/c1-33-26-17-23(12-14-30-26)22-11-13-29-24(16-22)25(15-19-5-3-2-4-6-19)31-27(32)21-9-7-20(18-28)8-10-21/h2-6,11-14,16-17,20-21,25H,7-10,15,18,28H2,1H3,(H,31,32)/t20-,21-,25?. The van der Waals surface area contributed by atoms with Gasteiger partial charge in [0.1, 0.15) is 0 Å². The average molecular weight is 445 g/mol. The summed E-state index contributed by atoms with van der Waals surface area (Å²) in [6.45, 7) is 0.710. The lowest BCUT2D eigenvalue weighted by molar-refractivity contribution is -0.127. The second-order valence-electron chi connectivity index (χ2n) is 8.76. The summed E-state index contributed by atoms with van der Waals surface area (Å²) in [5.41, 5.74) is 9.84. The molecule has 3 N–H and O–H groups in total. The normalized spacial score (nSPS) is 19.0. The van der Waals surface area contributed by atoms with Crippen LogP contribution in [0.25, 0.3) is 11.1 Å². The van der Waals surface area contributed by atoms with Gasteiger partial charge in [-0.15, -0.1) is 0 Å². The molecular formula is C27H32N4O2. The van der Waals surface area contributed by atoms with Gasteiger partial charge < -0.3 is 15.8 Å². The van der Waals surface area contributed by atoms with Crippen molar-refractivity contribution in [3.8, 4) is 17.0 Å². The molecule has 172 valence electrons. The Morgan fingerprint density at radius 1 is 1.03 bits per heavy atom. The van der Waals surface area contributed by atoms with E-state index >= 15 is 0 Å². The van der Waals surface area contributed by atoms with E-state index in [-0.39, 0.29) is 17.9 Å². The molecule has 2 heterocycles. The van der Waals surface area contributed by atoms with Crippen molar-refractivity contribution < 1.29 is 9.53 Å². The highest BCUT2D eigenvalue weighted by Gasteiger charge is 2.28. The molecular weight excluding hydrogens is 412 g/mol. The molecule has 0 saturated heterocycles. The van der Waals surface area contributed by atoms with Crippen LogP contribution in [0.2, 0.25) is 0 Å². The van der Waals surface area contributed by atoms with Crippen LogP contribution in [-0.2, 0) is 11.2 Å². The molecule has 0 spiro atoms. The number of hydrogen-bond acceptors (Lipinski definition) is 5. The molecule has 1 unspecified atom stereocenters. The SMILES string of the molecule is COc1cc(-c2ccnc(C(Cc3ccccc3)NC(=O)[C@H]3CC[C@H](CN)CC3)c2)ccn1. The van der Waals surface area contributed by atoms with Crippen molar-refractivity contribution in [2.45, 2.75) is 38.1 Å². The van der Waals surface area contributed by atoms with Crippen molar-refractivity contribution in [3.05, 3.63) is 78.2 Å². The molecule has 1 amide bonds. The van der Waals surface area contributed by atoms with Crippen LogP contribution in [0.5, 0.6) is 5.88 Å². The Labute approximate surface area is 195 Å². The number of nitrogens with two attached hydrogens (primary N) is 1. The number of rotatable bonds is 8. The van der Waals surface area contributed by atoms with Gasteiger partial charge in [0.15, 0.2) is 0 Å². The van der Waals surface area contributed by atoms with Crippen molar-refractivity contribution in [2.24, 2.45) is 17.6 Å². The fourth-order valence-electron chi connectivity index (χ4n) is 4.55. The predicted molar refractivity (Wildman–Crippen MR) is 130 cm³/mol. The minimum absolute atomic E-state index is 0.0405. The Bertz CT molecular complexity index is 1050. The zero-order valence-corrected chi connectivity index (χ0v) is 19.1. The van der Waals surface area contributed by atoms with Crippen molar-refractivity contribution in [2.75, 3.05) is 13.7 Å². The van der Waals surface area contributed by atoms with Gasteiger partial charge in [-0.05, 0) is 79.5 Å². The quantitative estimate of drug-likeness (QED) is 0.540. The van der Waals surface area contributed by atoms with Crippen LogP contribution in [0.15, 0.2) is 67.0 Å². The maximum Gasteiger partial charge on any atom is 0.223 e. The van der Waals surface area contributed by atoms with E-state index in [4.69, 9.17) is 10.5 Å². The maximum atomic E-state index is 13.2. The van der Waals surface area contributed by atoms with Crippen LogP contribution >= 0.6 is 0 Å². The van der Waals surface area contributed by atoms with Gasteiger partial charge in [0, 0.05) is 24.4 Å². The Hall–Kier alpha value is -3.25. The first-order valence-electron chi connectivity index (χ1n) is 11.7. The lowest BCUT2D eigenvalue weighted by Gasteiger charge is -2.28. The lowest BCUT2D eigenvalue weighted by Crippen LogP contribution is -2.37. The third-order valence-corrected chi connectivity index (χ3v) is 6.57. The summed E-state index contributed by atoms with van der Waals surface area (Å²) in [6.07, 6.45) is 8.06. The Balaban J connectivity index is 1.57. The van der Waals surface area contributed by atoms with E-state index in [1.165, 1.54) is 0 Å². The topological polar surface area (TPSA) is 90.1 Å². The number of amides is 1. The minimum atomic E-state index is -0.212. The van der Waals surface area contributed by atoms with E-state index in [0.717, 1.165) is 48.1 Å². The van der Waals surface area contributed by atoms with Crippen molar-refractivity contribution >= 4 is 5.91 Å². The molecule has 0 bridgehead atoms. The summed E-state index contributed by atoms with van der Waals surface area (Å²) in [4.78, 5) is 22.1. The molecule has 6 heteroatoms. The van der Waals surface area contributed by atoms with Crippen LogP contribution in [0.4, 0.5) is 0 Å². The lowest BCUT2D eigenvalue weighted by atomic mass is 9.81. The van der Waals surface area contributed by atoms with Crippen LogP contribution < -0.4 is 15.8 Å². The van der Waals surface area contributed by atoms with Gasteiger partial charge >= 0.3 is 0 Å². The molecule has 1 fully saturated rings. The summed E-state index contributed by atoms with van der Waals surface area (Å²) in [5, 5.41) is 3.32. The fourth-order valence-corrected chi connectivity index (χ4v) is 4.55. The fraction of sp³-hybridized carbons (Fsp3) is 0.370. The molecule has 2 aromatic heterocycles. The monoisotopic (exact) mass is 444 g/mol.